The third-order valence-electron chi connectivity index (χ3n) is 4.26. The molecule has 1 heterocycles. The van der Waals surface area contributed by atoms with E-state index in [4.69, 9.17) is 32.7 Å². The van der Waals surface area contributed by atoms with Gasteiger partial charge in [-0.05, 0) is 50.2 Å². The highest BCUT2D eigenvalue weighted by Crippen LogP contribution is 2.37. The Labute approximate surface area is 167 Å². The van der Waals surface area contributed by atoms with E-state index in [0.717, 1.165) is 0 Å². The van der Waals surface area contributed by atoms with Gasteiger partial charge < -0.3 is 14.8 Å². The molecule has 1 aliphatic rings. The minimum absolute atomic E-state index is 0.319. The average molecular weight is 409 g/mol. The smallest absolute Gasteiger partial charge is 0.268 e. The minimum atomic E-state index is -0.790. The van der Waals surface area contributed by atoms with E-state index in [9.17, 15) is 9.59 Å². The molecule has 0 radical (unpaired) electrons. The SMILES string of the molecule is COc1ccc(NC(=O)C(C)N2C(=O)C(C)Oc3ccc(Cl)cc32)cc1Cl. The maximum Gasteiger partial charge on any atom is 0.268 e. The van der Waals surface area contributed by atoms with Crippen LogP contribution in [0.1, 0.15) is 13.8 Å². The van der Waals surface area contributed by atoms with E-state index in [1.165, 1.54) is 12.0 Å². The van der Waals surface area contributed by atoms with Gasteiger partial charge in [-0.15, -0.1) is 0 Å². The van der Waals surface area contributed by atoms with E-state index in [1.807, 2.05) is 0 Å². The molecule has 2 aromatic rings. The monoisotopic (exact) mass is 408 g/mol. The Morgan fingerprint density at radius 3 is 2.67 bits per heavy atom. The summed E-state index contributed by atoms with van der Waals surface area (Å²) in [7, 11) is 1.51. The molecule has 3 rings (SSSR count). The van der Waals surface area contributed by atoms with Gasteiger partial charge in [0.05, 0.1) is 17.8 Å². The fourth-order valence-electron chi connectivity index (χ4n) is 2.84. The van der Waals surface area contributed by atoms with Crippen LogP contribution in [-0.4, -0.2) is 31.1 Å². The molecular weight excluding hydrogens is 391 g/mol. The highest BCUT2D eigenvalue weighted by molar-refractivity contribution is 6.32. The Kier molecular flexibility index (Phi) is 5.48. The number of hydrogen-bond donors (Lipinski definition) is 1. The van der Waals surface area contributed by atoms with E-state index < -0.39 is 12.1 Å². The normalized spacial score (nSPS) is 17.0. The Morgan fingerprint density at radius 1 is 1.26 bits per heavy atom. The molecule has 2 amide bonds. The molecule has 27 heavy (non-hydrogen) atoms. The molecule has 6 nitrogen and oxygen atoms in total. The van der Waals surface area contributed by atoms with Gasteiger partial charge in [-0.25, -0.2) is 0 Å². The van der Waals surface area contributed by atoms with Crippen molar-refractivity contribution in [2.24, 2.45) is 0 Å². The van der Waals surface area contributed by atoms with E-state index in [2.05, 4.69) is 5.32 Å². The van der Waals surface area contributed by atoms with Crippen molar-refractivity contribution in [2.45, 2.75) is 26.0 Å². The molecular formula is C19H18Cl2N2O4. The lowest BCUT2D eigenvalue weighted by Crippen LogP contribution is -2.52. The Balaban J connectivity index is 1.87. The number of nitrogens with one attached hydrogen (secondary N) is 1. The average Bonchev–Trinajstić information content (AvgIpc) is 2.63. The van der Waals surface area contributed by atoms with Crippen LogP contribution < -0.4 is 19.7 Å². The Morgan fingerprint density at radius 2 is 2.00 bits per heavy atom. The summed E-state index contributed by atoms with van der Waals surface area (Å²) in [5, 5.41) is 3.58. The molecule has 8 heteroatoms. The highest BCUT2D eigenvalue weighted by Gasteiger charge is 2.37. The van der Waals surface area contributed by atoms with Crippen molar-refractivity contribution in [3.8, 4) is 11.5 Å². The summed E-state index contributed by atoms with van der Waals surface area (Å²) in [5.74, 6) is 0.312. The van der Waals surface area contributed by atoms with Crippen LogP contribution in [0.25, 0.3) is 0 Å². The molecule has 0 spiro atoms. The summed E-state index contributed by atoms with van der Waals surface area (Å²) in [6.07, 6.45) is -0.704. The van der Waals surface area contributed by atoms with Crippen LogP contribution in [0.2, 0.25) is 10.0 Å². The molecule has 2 atom stereocenters. The molecule has 1 aliphatic heterocycles. The number of ether oxygens (including phenoxy) is 2. The number of hydrogen-bond acceptors (Lipinski definition) is 4. The maximum absolute atomic E-state index is 12.8. The number of anilines is 2. The zero-order valence-electron chi connectivity index (χ0n) is 15.0. The summed E-state index contributed by atoms with van der Waals surface area (Å²) in [6, 6.07) is 9.08. The fourth-order valence-corrected chi connectivity index (χ4v) is 3.27. The molecule has 0 aromatic heterocycles. The molecule has 1 N–H and O–H groups in total. The number of fused-ring (bicyclic) bond motifs is 1. The van der Waals surface area contributed by atoms with Crippen molar-refractivity contribution in [3.63, 3.8) is 0 Å². The van der Waals surface area contributed by atoms with Crippen LogP contribution in [0.4, 0.5) is 11.4 Å². The molecule has 2 aromatic carbocycles. The first kappa shape index (κ1) is 19.3. The third-order valence-corrected chi connectivity index (χ3v) is 4.79. The van der Waals surface area contributed by atoms with E-state index in [1.54, 1.807) is 50.2 Å². The maximum atomic E-state index is 12.8. The number of amides is 2. The molecule has 0 aliphatic carbocycles. The largest absolute Gasteiger partial charge is 0.495 e. The predicted molar refractivity (Wildman–Crippen MR) is 105 cm³/mol. The number of carbonyl (C=O) groups excluding carboxylic acids is 2. The van der Waals surface area contributed by atoms with Crippen LogP contribution in [-0.2, 0) is 9.59 Å². The quantitative estimate of drug-likeness (QED) is 0.824. The van der Waals surface area contributed by atoms with Gasteiger partial charge in [0.2, 0.25) is 5.91 Å². The van der Waals surface area contributed by atoms with Gasteiger partial charge in [0.25, 0.3) is 5.91 Å². The number of halogens is 2. The van der Waals surface area contributed by atoms with Crippen LogP contribution >= 0.6 is 23.2 Å². The summed E-state index contributed by atoms with van der Waals surface area (Å²) < 4.78 is 10.7. The molecule has 142 valence electrons. The number of methoxy groups -OCH3 is 1. The number of benzene rings is 2. The second kappa shape index (κ2) is 7.66. The Bertz CT molecular complexity index is 903. The van der Waals surface area contributed by atoms with Gasteiger partial charge in [-0.3, -0.25) is 14.5 Å². The summed E-state index contributed by atoms with van der Waals surface area (Å²) >= 11 is 12.2. The molecule has 0 bridgehead atoms. The lowest BCUT2D eigenvalue weighted by Gasteiger charge is -2.36. The molecule has 0 saturated heterocycles. The first-order valence-electron chi connectivity index (χ1n) is 8.25. The van der Waals surface area contributed by atoms with Crippen molar-refractivity contribution in [1.82, 2.24) is 0 Å². The Hall–Kier alpha value is -2.44. The standard InChI is InChI=1S/C19H18Cl2N2O4/c1-10(18(24)22-13-5-7-16(26-3)14(21)9-13)23-15-8-12(20)4-6-17(15)27-11(2)19(23)25/h4-11H,1-3H3,(H,22,24). The van der Waals surface area contributed by atoms with E-state index in [-0.39, 0.29) is 11.8 Å². The minimum Gasteiger partial charge on any atom is -0.495 e. The summed E-state index contributed by atoms with van der Waals surface area (Å²) in [6.45, 7) is 3.28. The second-order valence-corrected chi connectivity index (χ2v) is 6.94. The van der Waals surface area contributed by atoms with E-state index in [0.29, 0.717) is 32.9 Å². The lowest BCUT2D eigenvalue weighted by molar-refractivity contribution is -0.128. The van der Waals surface area contributed by atoms with Crippen LogP contribution in [0.5, 0.6) is 11.5 Å². The predicted octanol–water partition coefficient (Wildman–Crippen LogP) is 4.14. The first-order chi connectivity index (χ1) is 12.8. The van der Waals surface area contributed by atoms with E-state index >= 15 is 0 Å². The van der Waals surface area contributed by atoms with Crippen molar-refractivity contribution in [1.29, 1.82) is 0 Å². The molecule has 0 fully saturated rings. The summed E-state index contributed by atoms with van der Waals surface area (Å²) in [4.78, 5) is 26.8. The first-order valence-corrected chi connectivity index (χ1v) is 9.01. The molecule has 0 saturated carbocycles. The van der Waals surface area contributed by atoms with Crippen LogP contribution in [0.15, 0.2) is 36.4 Å². The second-order valence-electron chi connectivity index (χ2n) is 6.09. The lowest BCUT2D eigenvalue weighted by atomic mass is 10.1. The van der Waals surface area contributed by atoms with Gasteiger partial charge in [0.1, 0.15) is 17.5 Å². The van der Waals surface area contributed by atoms with Crippen molar-refractivity contribution >= 4 is 46.4 Å². The van der Waals surface area contributed by atoms with Gasteiger partial charge in [0.15, 0.2) is 6.10 Å². The highest BCUT2D eigenvalue weighted by atomic mass is 35.5. The topological polar surface area (TPSA) is 67.9 Å². The molecule has 2 unspecified atom stereocenters. The fraction of sp³-hybridized carbons (Fsp3) is 0.263. The number of carbonyl (C=O) groups is 2. The van der Waals surface area contributed by atoms with Crippen LogP contribution in [0.3, 0.4) is 0 Å². The van der Waals surface area contributed by atoms with Gasteiger partial charge in [-0.1, -0.05) is 23.2 Å². The zero-order valence-corrected chi connectivity index (χ0v) is 16.5. The van der Waals surface area contributed by atoms with Crippen LogP contribution in [0, 0.1) is 0 Å². The zero-order chi connectivity index (χ0) is 19.7. The third kappa shape index (κ3) is 3.82. The van der Waals surface area contributed by atoms with Gasteiger partial charge >= 0.3 is 0 Å². The van der Waals surface area contributed by atoms with Crippen molar-refractivity contribution in [2.75, 3.05) is 17.3 Å². The van der Waals surface area contributed by atoms with Crippen molar-refractivity contribution in [3.05, 3.63) is 46.4 Å². The van der Waals surface area contributed by atoms with Crippen molar-refractivity contribution < 1.29 is 19.1 Å². The van der Waals surface area contributed by atoms with Gasteiger partial charge in [-0.2, -0.15) is 0 Å². The summed E-state index contributed by atoms with van der Waals surface area (Å²) in [5.41, 5.74) is 0.957. The number of nitrogens with zero attached hydrogens (tertiary/aromatic N) is 1. The number of rotatable bonds is 4. The van der Waals surface area contributed by atoms with Gasteiger partial charge in [0, 0.05) is 10.7 Å².